The summed E-state index contributed by atoms with van der Waals surface area (Å²) < 4.78 is 6.30. The molecule has 1 fully saturated rings. The maximum atomic E-state index is 11.4. The fourth-order valence-corrected chi connectivity index (χ4v) is 2.21. The van der Waals surface area contributed by atoms with Crippen molar-refractivity contribution < 1.29 is 30.0 Å². The predicted octanol–water partition coefficient (Wildman–Crippen LogP) is -3.59. The van der Waals surface area contributed by atoms with Crippen molar-refractivity contribution in [3.05, 3.63) is 17.5 Å². The minimum absolute atomic E-state index is 0.0324. The molecular weight excluding hydrogens is 284 g/mol. The number of aliphatic hydroxyl groups excluding tert-OH is 4. The van der Waals surface area contributed by atoms with Crippen LogP contribution in [0.1, 0.15) is 22.4 Å². The molecule has 1 amide bonds. The zero-order valence-corrected chi connectivity index (χ0v) is 11.0. The molecule has 8 N–H and O–H groups in total. The molecule has 118 valence electrons. The van der Waals surface area contributed by atoms with Crippen molar-refractivity contribution in [1.29, 1.82) is 0 Å². The van der Waals surface area contributed by atoms with Crippen LogP contribution in [0.2, 0.25) is 0 Å². The lowest BCUT2D eigenvalue weighted by Crippen LogP contribution is -2.57. The van der Waals surface area contributed by atoms with Crippen LogP contribution in [0.15, 0.2) is 6.07 Å². The van der Waals surface area contributed by atoms with Gasteiger partial charge in [0, 0.05) is 6.54 Å². The Kier molecular flexibility index (Phi) is 4.56. The number of carbonyl (C=O) groups is 1. The summed E-state index contributed by atoms with van der Waals surface area (Å²) >= 11 is 0. The molecule has 1 aromatic rings. The standard InChI is InChI=1S/C11H18N4O6/c12-2-4-1-5(10(13)20)15(14-4)11-9(19)8(18)7(17)6(3-16)21-11/h1,6-9,11,16-19H,2-3,12H2,(H2,13,20)/t6-,7-,8+,9-,11-/m1/s1. The molecule has 0 saturated carbocycles. The van der Waals surface area contributed by atoms with Crippen LogP contribution in [0.4, 0.5) is 0 Å². The number of hydrogen-bond donors (Lipinski definition) is 6. The molecule has 0 unspecified atom stereocenters. The van der Waals surface area contributed by atoms with Gasteiger partial charge in [-0.2, -0.15) is 5.10 Å². The van der Waals surface area contributed by atoms with Gasteiger partial charge in [0.05, 0.1) is 12.3 Å². The third-order valence-corrected chi connectivity index (χ3v) is 3.36. The van der Waals surface area contributed by atoms with Gasteiger partial charge >= 0.3 is 0 Å². The zero-order chi connectivity index (χ0) is 15.7. The number of hydrogen-bond acceptors (Lipinski definition) is 8. The molecule has 5 atom stereocenters. The second kappa shape index (κ2) is 6.05. The Labute approximate surface area is 119 Å². The zero-order valence-electron chi connectivity index (χ0n) is 11.0. The van der Waals surface area contributed by atoms with Gasteiger partial charge in [-0.1, -0.05) is 0 Å². The fourth-order valence-electron chi connectivity index (χ4n) is 2.21. The van der Waals surface area contributed by atoms with Crippen molar-refractivity contribution in [3.8, 4) is 0 Å². The molecule has 0 bridgehead atoms. The third kappa shape index (κ3) is 2.77. The summed E-state index contributed by atoms with van der Waals surface area (Å²) in [5, 5.41) is 42.6. The number of amides is 1. The van der Waals surface area contributed by atoms with Crippen LogP contribution >= 0.6 is 0 Å². The molecule has 0 aromatic carbocycles. The Morgan fingerprint density at radius 2 is 2.00 bits per heavy atom. The molecule has 2 rings (SSSR count). The van der Waals surface area contributed by atoms with Crippen molar-refractivity contribution in [3.63, 3.8) is 0 Å². The maximum Gasteiger partial charge on any atom is 0.267 e. The topological polar surface area (TPSA) is 177 Å². The molecule has 0 radical (unpaired) electrons. The third-order valence-electron chi connectivity index (χ3n) is 3.36. The Hall–Kier alpha value is -1.56. The number of ether oxygens (including phenoxy) is 1. The van der Waals surface area contributed by atoms with E-state index in [0.29, 0.717) is 5.69 Å². The van der Waals surface area contributed by atoms with E-state index in [1.54, 1.807) is 0 Å². The number of primary amides is 1. The highest BCUT2D eigenvalue weighted by molar-refractivity contribution is 5.91. The van der Waals surface area contributed by atoms with E-state index < -0.39 is 43.2 Å². The summed E-state index contributed by atoms with van der Waals surface area (Å²) in [6.07, 6.45) is -7.04. The molecule has 1 aromatic heterocycles. The largest absolute Gasteiger partial charge is 0.394 e. The van der Waals surface area contributed by atoms with Crippen molar-refractivity contribution in [2.24, 2.45) is 11.5 Å². The van der Waals surface area contributed by atoms with Crippen molar-refractivity contribution in [2.75, 3.05) is 6.61 Å². The van der Waals surface area contributed by atoms with Crippen LogP contribution in [0.3, 0.4) is 0 Å². The quantitative estimate of drug-likeness (QED) is 0.330. The number of nitrogens with two attached hydrogens (primary N) is 2. The van der Waals surface area contributed by atoms with Gasteiger partial charge in [-0.3, -0.25) is 4.79 Å². The van der Waals surface area contributed by atoms with Gasteiger partial charge in [0.1, 0.15) is 30.1 Å². The van der Waals surface area contributed by atoms with Gasteiger partial charge in [-0.25, -0.2) is 4.68 Å². The number of carbonyl (C=O) groups excluding carboxylic acids is 1. The molecule has 0 spiro atoms. The van der Waals surface area contributed by atoms with Crippen molar-refractivity contribution >= 4 is 5.91 Å². The van der Waals surface area contributed by atoms with E-state index in [-0.39, 0.29) is 12.2 Å². The van der Waals surface area contributed by atoms with Gasteiger partial charge < -0.3 is 36.6 Å². The predicted molar refractivity (Wildman–Crippen MR) is 67.7 cm³/mol. The second-order valence-electron chi connectivity index (χ2n) is 4.75. The molecule has 1 aliphatic heterocycles. The van der Waals surface area contributed by atoms with Crippen molar-refractivity contribution in [1.82, 2.24) is 9.78 Å². The Morgan fingerprint density at radius 1 is 1.33 bits per heavy atom. The highest BCUT2D eigenvalue weighted by atomic mass is 16.6. The minimum Gasteiger partial charge on any atom is -0.394 e. The molecule has 21 heavy (non-hydrogen) atoms. The lowest BCUT2D eigenvalue weighted by molar-refractivity contribution is -0.254. The second-order valence-corrected chi connectivity index (χ2v) is 4.75. The fraction of sp³-hybridized carbons (Fsp3) is 0.636. The van der Waals surface area contributed by atoms with Gasteiger partial charge in [-0.05, 0) is 6.07 Å². The van der Waals surface area contributed by atoms with E-state index in [4.69, 9.17) is 21.3 Å². The van der Waals surface area contributed by atoms with Crippen LogP contribution in [-0.2, 0) is 11.3 Å². The van der Waals surface area contributed by atoms with E-state index >= 15 is 0 Å². The first-order valence-corrected chi connectivity index (χ1v) is 6.29. The molecule has 0 aliphatic carbocycles. The van der Waals surface area contributed by atoms with Crippen LogP contribution in [0, 0.1) is 0 Å². The van der Waals surface area contributed by atoms with E-state index in [1.807, 2.05) is 0 Å². The van der Waals surface area contributed by atoms with E-state index in [0.717, 1.165) is 4.68 Å². The van der Waals surface area contributed by atoms with Crippen molar-refractivity contribution in [2.45, 2.75) is 37.2 Å². The highest BCUT2D eigenvalue weighted by Crippen LogP contribution is 2.29. The smallest absolute Gasteiger partial charge is 0.267 e. The first kappa shape index (κ1) is 15.8. The average molecular weight is 302 g/mol. The number of nitrogens with zero attached hydrogens (tertiary/aromatic N) is 2. The summed E-state index contributed by atoms with van der Waals surface area (Å²) in [7, 11) is 0. The lowest BCUT2D eigenvalue weighted by Gasteiger charge is -2.40. The van der Waals surface area contributed by atoms with E-state index in [2.05, 4.69) is 5.10 Å². The van der Waals surface area contributed by atoms with Gasteiger partial charge in [0.25, 0.3) is 5.91 Å². The van der Waals surface area contributed by atoms with Crippen LogP contribution < -0.4 is 11.5 Å². The monoisotopic (exact) mass is 302 g/mol. The Balaban J connectivity index is 2.40. The summed E-state index contributed by atoms with van der Waals surface area (Å²) in [5.74, 6) is -0.820. The Bertz CT molecular complexity index is 519. The summed E-state index contributed by atoms with van der Waals surface area (Å²) in [6, 6.07) is 1.34. The van der Waals surface area contributed by atoms with E-state index in [1.165, 1.54) is 6.07 Å². The Morgan fingerprint density at radius 3 is 2.52 bits per heavy atom. The first-order valence-electron chi connectivity index (χ1n) is 6.29. The summed E-state index contributed by atoms with van der Waals surface area (Å²) in [4.78, 5) is 11.4. The van der Waals surface area contributed by atoms with Gasteiger partial charge in [-0.15, -0.1) is 0 Å². The summed E-state index contributed by atoms with van der Waals surface area (Å²) in [6.45, 7) is -0.553. The SMILES string of the molecule is NCc1cc(C(N)=O)n([C@@H]2O[C@H](CO)[C@@H](O)[C@H](O)[C@H]2O)n1. The maximum absolute atomic E-state index is 11.4. The van der Waals surface area contributed by atoms with E-state index in [9.17, 15) is 20.1 Å². The lowest BCUT2D eigenvalue weighted by atomic mass is 9.98. The normalized spacial score (nSPS) is 33.1. The number of aromatic nitrogens is 2. The molecule has 1 saturated heterocycles. The molecular formula is C11H18N4O6. The number of aliphatic hydroxyl groups is 4. The number of rotatable bonds is 4. The molecule has 10 nitrogen and oxygen atoms in total. The van der Waals surface area contributed by atoms with Crippen LogP contribution in [0.25, 0.3) is 0 Å². The highest BCUT2D eigenvalue weighted by Gasteiger charge is 2.45. The van der Waals surface area contributed by atoms with Crippen LogP contribution in [0.5, 0.6) is 0 Å². The van der Waals surface area contributed by atoms with Crippen LogP contribution in [-0.4, -0.2) is 67.1 Å². The average Bonchev–Trinajstić information content (AvgIpc) is 2.89. The molecule has 2 heterocycles. The van der Waals surface area contributed by atoms with Gasteiger partial charge in [0.2, 0.25) is 0 Å². The first-order chi connectivity index (χ1) is 9.90. The summed E-state index contributed by atoms with van der Waals surface area (Å²) in [5.41, 5.74) is 10.9. The molecule has 1 aliphatic rings. The minimum atomic E-state index is -1.58. The van der Waals surface area contributed by atoms with Gasteiger partial charge in [0.15, 0.2) is 6.23 Å². The molecule has 10 heteroatoms.